The summed E-state index contributed by atoms with van der Waals surface area (Å²) in [4.78, 5) is 43.0. The molecule has 2 atom stereocenters. The van der Waals surface area contributed by atoms with Gasteiger partial charge >= 0.3 is 10.2 Å². The maximum Gasteiger partial charge on any atom is 0.303 e. The molecule has 0 aromatic heterocycles. The lowest BCUT2D eigenvalue weighted by Crippen LogP contribution is -2.48. The molecule has 12 heteroatoms. The van der Waals surface area contributed by atoms with Gasteiger partial charge in [0.25, 0.3) is 11.8 Å². The molecular formula is C21H32N6O5S. The van der Waals surface area contributed by atoms with Gasteiger partial charge < -0.3 is 16.4 Å². The van der Waals surface area contributed by atoms with E-state index in [1.165, 1.54) is 43.3 Å². The lowest BCUT2D eigenvalue weighted by Gasteiger charge is -2.26. The van der Waals surface area contributed by atoms with E-state index >= 15 is 0 Å². The summed E-state index contributed by atoms with van der Waals surface area (Å²) in [7, 11) is -1.33. The van der Waals surface area contributed by atoms with Crippen LogP contribution in [0.15, 0.2) is 29.3 Å². The van der Waals surface area contributed by atoms with Crippen LogP contribution in [0.3, 0.4) is 0 Å². The molecule has 1 fully saturated rings. The number of carbonyl (C=O) groups is 3. The Labute approximate surface area is 194 Å². The van der Waals surface area contributed by atoms with E-state index in [0.29, 0.717) is 31.4 Å². The van der Waals surface area contributed by atoms with Crippen molar-refractivity contribution >= 4 is 33.8 Å². The van der Waals surface area contributed by atoms with Crippen molar-refractivity contribution in [2.24, 2.45) is 22.4 Å². The minimum absolute atomic E-state index is 0.0707. The van der Waals surface area contributed by atoms with Gasteiger partial charge in [0, 0.05) is 31.8 Å². The van der Waals surface area contributed by atoms with E-state index in [9.17, 15) is 22.8 Å². The fourth-order valence-electron chi connectivity index (χ4n) is 3.43. The van der Waals surface area contributed by atoms with Crippen LogP contribution in [-0.2, 0) is 19.8 Å². The number of hydrogen-bond acceptors (Lipinski definition) is 6. The maximum absolute atomic E-state index is 12.7. The Bertz CT molecular complexity index is 1020. The molecule has 1 saturated heterocycles. The molecule has 0 spiro atoms. The number of rotatable bonds is 8. The van der Waals surface area contributed by atoms with Crippen molar-refractivity contribution in [3.05, 3.63) is 35.4 Å². The highest BCUT2D eigenvalue weighted by Crippen LogP contribution is 2.21. The smallest absolute Gasteiger partial charge is 0.303 e. The molecule has 0 aliphatic carbocycles. The first-order chi connectivity index (χ1) is 15.3. The van der Waals surface area contributed by atoms with Crippen LogP contribution in [0.4, 0.5) is 0 Å². The Morgan fingerprint density at radius 3 is 2.30 bits per heavy atom. The number of hydrogen-bond donors (Lipinski definition) is 3. The van der Waals surface area contributed by atoms with Gasteiger partial charge in [-0.1, -0.05) is 26.0 Å². The predicted octanol–water partition coefficient (Wildman–Crippen LogP) is -0.181. The lowest BCUT2D eigenvalue weighted by atomic mass is 10.0. The van der Waals surface area contributed by atoms with Gasteiger partial charge in [0.1, 0.15) is 11.9 Å². The molecule has 33 heavy (non-hydrogen) atoms. The van der Waals surface area contributed by atoms with Crippen molar-refractivity contribution in [1.29, 1.82) is 0 Å². The zero-order valence-corrected chi connectivity index (χ0v) is 20.1. The number of carbonyl (C=O) groups excluding carboxylic acids is 3. The molecule has 0 saturated carbocycles. The number of aliphatic imine (C=N–C) groups is 1. The molecule has 1 aromatic rings. The summed E-state index contributed by atoms with van der Waals surface area (Å²) in [5, 5.41) is 0. The molecule has 1 heterocycles. The highest BCUT2D eigenvalue weighted by Gasteiger charge is 2.36. The zero-order valence-electron chi connectivity index (χ0n) is 19.3. The number of nitrogens with one attached hydrogen (secondary N) is 1. The van der Waals surface area contributed by atoms with Gasteiger partial charge in [-0.25, -0.2) is 4.72 Å². The minimum atomic E-state index is -3.92. The molecule has 182 valence electrons. The first-order valence-electron chi connectivity index (χ1n) is 10.6. The van der Waals surface area contributed by atoms with Gasteiger partial charge in [-0.3, -0.25) is 14.4 Å². The lowest BCUT2D eigenvalue weighted by molar-refractivity contribution is -0.138. The summed E-state index contributed by atoms with van der Waals surface area (Å²) in [6.45, 7) is 4.39. The second kappa shape index (κ2) is 10.9. The fraction of sp³-hybridized carbons (Fsp3) is 0.524. The van der Waals surface area contributed by atoms with Crippen molar-refractivity contribution in [1.82, 2.24) is 13.9 Å². The molecule has 1 aliphatic rings. The number of amides is 3. The number of likely N-dealkylation sites (tertiary alicyclic amines) is 1. The Balaban J connectivity index is 2.10. The third kappa shape index (κ3) is 6.83. The second-order valence-corrected chi connectivity index (χ2v) is 10.4. The average Bonchev–Trinajstić information content (AvgIpc) is 3.22. The summed E-state index contributed by atoms with van der Waals surface area (Å²) >= 11 is 0. The van der Waals surface area contributed by atoms with E-state index in [-0.39, 0.29) is 23.2 Å². The zero-order chi connectivity index (χ0) is 24.9. The maximum atomic E-state index is 12.7. The molecule has 5 N–H and O–H groups in total. The second-order valence-electron chi connectivity index (χ2n) is 8.56. The van der Waals surface area contributed by atoms with Crippen molar-refractivity contribution < 1.29 is 22.8 Å². The summed E-state index contributed by atoms with van der Waals surface area (Å²) in [5.74, 6) is -1.42. The van der Waals surface area contributed by atoms with Gasteiger partial charge in [-0.15, -0.1) is 0 Å². The van der Waals surface area contributed by atoms with Gasteiger partial charge in [-0.2, -0.15) is 17.7 Å². The molecule has 1 aliphatic heterocycles. The average molecular weight is 481 g/mol. The molecular weight excluding hydrogens is 448 g/mol. The van der Waals surface area contributed by atoms with E-state index in [1.54, 1.807) is 0 Å². The van der Waals surface area contributed by atoms with Crippen molar-refractivity contribution in [3.8, 4) is 0 Å². The molecule has 11 nitrogen and oxygen atoms in total. The van der Waals surface area contributed by atoms with Crippen LogP contribution in [0.5, 0.6) is 0 Å². The summed E-state index contributed by atoms with van der Waals surface area (Å²) in [5.41, 5.74) is 12.5. The van der Waals surface area contributed by atoms with Gasteiger partial charge in [0.2, 0.25) is 5.91 Å². The third-order valence-electron chi connectivity index (χ3n) is 5.24. The van der Waals surface area contributed by atoms with E-state index < -0.39 is 34.1 Å². The first-order valence-corrected chi connectivity index (χ1v) is 12.1. The van der Waals surface area contributed by atoms with E-state index in [1.807, 2.05) is 18.6 Å². The van der Waals surface area contributed by atoms with Crippen molar-refractivity contribution in [2.75, 3.05) is 20.6 Å². The van der Waals surface area contributed by atoms with Crippen LogP contribution in [0.1, 0.15) is 49.0 Å². The Morgan fingerprint density at radius 2 is 1.76 bits per heavy atom. The van der Waals surface area contributed by atoms with E-state index in [4.69, 9.17) is 11.5 Å². The van der Waals surface area contributed by atoms with Crippen LogP contribution in [0.25, 0.3) is 0 Å². The largest absolute Gasteiger partial charge is 0.383 e. The molecule has 1 aromatic carbocycles. The highest BCUT2D eigenvalue weighted by molar-refractivity contribution is 7.87. The third-order valence-corrected chi connectivity index (χ3v) is 6.64. The summed E-state index contributed by atoms with van der Waals surface area (Å²) < 4.78 is 26.4. The normalized spacial score (nSPS) is 18.0. The summed E-state index contributed by atoms with van der Waals surface area (Å²) in [6.07, 6.45) is 1.68. The molecule has 2 rings (SSSR count). The topological polar surface area (TPSA) is 168 Å². The van der Waals surface area contributed by atoms with Gasteiger partial charge in [0.15, 0.2) is 0 Å². The summed E-state index contributed by atoms with van der Waals surface area (Å²) in [6, 6.07) is 4.28. The standard InChI is InChI=1S/C21H32N6O5S/c1-13(2)12-16(22)21(30)27-11-5-6-17(27)20(29)24-18(23)14-7-9-15(10-8-14)19(28)25-33(31,32)26(3)4/h7-10,13,16-17H,5-6,11-12,22H2,1-4H3,(H,25,28)(H2,23,24,29)/t16-,17+/m1/s1. The highest BCUT2D eigenvalue weighted by atomic mass is 32.2. The molecule has 0 unspecified atom stereocenters. The quantitative estimate of drug-likeness (QED) is 0.342. The molecule has 0 radical (unpaired) electrons. The monoisotopic (exact) mass is 480 g/mol. The first kappa shape index (κ1) is 26.4. The number of nitrogens with two attached hydrogens (primary N) is 2. The van der Waals surface area contributed by atoms with E-state index in [2.05, 4.69) is 4.99 Å². The fourth-order valence-corrected chi connectivity index (χ4v) is 3.96. The SMILES string of the molecule is CC(C)C[C@@H](N)C(=O)N1CCC[C@H]1C(=O)N=C(N)c1ccc(C(=O)NS(=O)(=O)N(C)C)cc1. The number of amidine groups is 1. The van der Waals surface area contributed by atoms with Crippen LogP contribution < -0.4 is 16.2 Å². The van der Waals surface area contributed by atoms with Gasteiger partial charge in [0.05, 0.1) is 6.04 Å². The Hall–Kier alpha value is -2.83. The van der Waals surface area contributed by atoms with Crippen molar-refractivity contribution in [3.63, 3.8) is 0 Å². The molecule has 0 bridgehead atoms. The number of benzene rings is 1. The van der Waals surface area contributed by atoms with Crippen LogP contribution >= 0.6 is 0 Å². The van der Waals surface area contributed by atoms with Gasteiger partial charge in [-0.05, 0) is 37.3 Å². The number of nitrogens with zero attached hydrogens (tertiary/aromatic N) is 3. The van der Waals surface area contributed by atoms with Crippen LogP contribution in [0, 0.1) is 5.92 Å². The van der Waals surface area contributed by atoms with Crippen molar-refractivity contribution in [2.45, 2.75) is 45.2 Å². The molecule has 3 amide bonds. The predicted molar refractivity (Wildman–Crippen MR) is 124 cm³/mol. The van der Waals surface area contributed by atoms with Crippen LogP contribution in [0.2, 0.25) is 0 Å². The minimum Gasteiger partial charge on any atom is -0.383 e. The Morgan fingerprint density at radius 1 is 1.18 bits per heavy atom. The Kier molecular flexibility index (Phi) is 8.69. The van der Waals surface area contributed by atoms with E-state index in [0.717, 1.165) is 4.31 Å². The van der Waals surface area contributed by atoms with Crippen LogP contribution in [-0.4, -0.2) is 73.9 Å².